The number of nitrogens with zero attached hydrogens (tertiary/aromatic N) is 1. The van der Waals surface area contributed by atoms with Gasteiger partial charge in [0.1, 0.15) is 0 Å². The molecule has 0 radical (unpaired) electrons. The number of rotatable bonds is 8. The number of carbonyl (C=O) groups excluding carboxylic acids is 1. The van der Waals surface area contributed by atoms with Gasteiger partial charge in [-0.1, -0.05) is 32.6 Å². The molecule has 0 aliphatic carbocycles. The molecule has 0 amide bonds. The molecule has 4 heteroatoms. The van der Waals surface area contributed by atoms with E-state index < -0.39 is 0 Å². The van der Waals surface area contributed by atoms with Gasteiger partial charge in [-0.3, -0.25) is 9.69 Å². The van der Waals surface area contributed by atoms with Crippen molar-refractivity contribution in [2.75, 3.05) is 39.5 Å². The van der Waals surface area contributed by atoms with Crippen LogP contribution in [0, 0.1) is 0 Å². The number of hydrogen-bond donors (Lipinski definition) is 0. The molecule has 1 heterocycles. The summed E-state index contributed by atoms with van der Waals surface area (Å²) >= 11 is 0. The Morgan fingerprint density at radius 3 is 2.59 bits per heavy atom. The molecule has 0 saturated carbocycles. The molecule has 4 nitrogen and oxygen atoms in total. The van der Waals surface area contributed by atoms with Crippen molar-refractivity contribution >= 4 is 5.97 Å². The summed E-state index contributed by atoms with van der Waals surface area (Å²) in [5, 5.41) is 0. The van der Waals surface area contributed by atoms with Crippen LogP contribution in [0.2, 0.25) is 0 Å². The highest BCUT2D eigenvalue weighted by Crippen LogP contribution is 2.03. The second-order valence-corrected chi connectivity index (χ2v) is 4.52. The minimum Gasteiger partial charge on any atom is -0.465 e. The summed E-state index contributed by atoms with van der Waals surface area (Å²) < 4.78 is 10.4. The Labute approximate surface area is 104 Å². The molecule has 1 aliphatic rings. The highest BCUT2D eigenvalue weighted by atomic mass is 16.5. The molecule has 0 aromatic rings. The lowest BCUT2D eigenvalue weighted by molar-refractivity contribution is -0.146. The number of hydrogen-bond acceptors (Lipinski definition) is 4. The normalized spacial score (nSPS) is 17.0. The molecule has 0 bridgehead atoms. The van der Waals surface area contributed by atoms with Gasteiger partial charge >= 0.3 is 5.97 Å². The second kappa shape index (κ2) is 9.42. The predicted molar refractivity (Wildman–Crippen MR) is 67.0 cm³/mol. The first kappa shape index (κ1) is 14.5. The molecule has 1 aliphatic heterocycles. The zero-order valence-electron chi connectivity index (χ0n) is 11.0. The van der Waals surface area contributed by atoms with E-state index in [9.17, 15) is 4.79 Å². The van der Waals surface area contributed by atoms with Crippen LogP contribution in [0.3, 0.4) is 0 Å². The summed E-state index contributed by atoms with van der Waals surface area (Å²) in [6, 6.07) is 0. The second-order valence-electron chi connectivity index (χ2n) is 4.52. The van der Waals surface area contributed by atoms with Crippen LogP contribution >= 0.6 is 0 Å². The maximum Gasteiger partial charge on any atom is 0.320 e. The first-order valence-corrected chi connectivity index (χ1v) is 6.78. The van der Waals surface area contributed by atoms with Gasteiger partial charge in [0.15, 0.2) is 0 Å². The van der Waals surface area contributed by atoms with E-state index in [4.69, 9.17) is 9.47 Å². The van der Waals surface area contributed by atoms with Crippen molar-refractivity contribution in [1.82, 2.24) is 4.90 Å². The van der Waals surface area contributed by atoms with Crippen molar-refractivity contribution < 1.29 is 14.3 Å². The number of esters is 1. The first-order chi connectivity index (χ1) is 8.33. The number of ether oxygens (including phenoxy) is 2. The van der Waals surface area contributed by atoms with Gasteiger partial charge in [0.25, 0.3) is 0 Å². The van der Waals surface area contributed by atoms with Crippen LogP contribution in [0.5, 0.6) is 0 Å². The van der Waals surface area contributed by atoms with Gasteiger partial charge in [0.2, 0.25) is 0 Å². The topological polar surface area (TPSA) is 38.8 Å². The molecule has 17 heavy (non-hydrogen) atoms. The molecule has 0 N–H and O–H groups in total. The van der Waals surface area contributed by atoms with E-state index in [0.717, 1.165) is 32.7 Å². The van der Waals surface area contributed by atoms with Crippen LogP contribution in [0.15, 0.2) is 0 Å². The summed E-state index contributed by atoms with van der Waals surface area (Å²) in [5.41, 5.74) is 0. The maximum absolute atomic E-state index is 11.5. The molecule has 0 atom stereocenters. The number of carbonyl (C=O) groups is 1. The Balaban J connectivity index is 1.93. The average molecular weight is 243 g/mol. The minimum atomic E-state index is -0.0950. The van der Waals surface area contributed by atoms with E-state index in [-0.39, 0.29) is 5.97 Å². The summed E-state index contributed by atoms with van der Waals surface area (Å²) in [4.78, 5) is 13.6. The molecular weight excluding hydrogens is 218 g/mol. The van der Waals surface area contributed by atoms with Crippen molar-refractivity contribution in [1.29, 1.82) is 0 Å². The van der Waals surface area contributed by atoms with Gasteiger partial charge in [-0.2, -0.15) is 0 Å². The summed E-state index contributed by atoms with van der Waals surface area (Å²) in [6.45, 7) is 6.32. The van der Waals surface area contributed by atoms with Crippen molar-refractivity contribution in [3.05, 3.63) is 0 Å². The standard InChI is InChI=1S/C13H25NO3/c1-2-3-4-5-6-9-17-13(15)12-14-7-10-16-11-8-14/h2-12H2,1H3. The third kappa shape index (κ3) is 7.34. The van der Waals surface area contributed by atoms with E-state index in [1.807, 2.05) is 0 Å². The van der Waals surface area contributed by atoms with Crippen LogP contribution in [0.1, 0.15) is 39.0 Å². The number of unbranched alkanes of at least 4 members (excludes halogenated alkanes) is 4. The average Bonchev–Trinajstić information content (AvgIpc) is 2.35. The highest BCUT2D eigenvalue weighted by molar-refractivity contribution is 5.71. The zero-order chi connectivity index (χ0) is 12.3. The minimum absolute atomic E-state index is 0.0950. The highest BCUT2D eigenvalue weighted by Gasteiger charge is 2.14. The lowest BCUT2D eigenvalue weighted by atomic mass is 10.2. The van der Waals surface area contributed by atoms with Crippen LogP contribution in [0.4, 0.5) is 0 Å². The zero-order valence-corrected chi connectivity index (χ0v) is 11.0. The maximum atomic E-state index is 11.5. The van der Waals surface area contributed by atoms with Crippen molar-refractivity contribution in [2.45, 2.75) is 39.0 Å². The van der Waals surface area contributed by atoms with E-state index in [0.29, 0.717) is 13.2 Å². The van der Waals surface area contributed by atoms with Crippen molar-refractivity contribution in [3.63, 3.8) is 0 Å². The Morgan fingerprint density at radius 2 is 1.88 bits per heavy atom. The van der Waals surface area contributed by atoms with Gasteiger partial charge in [-0.25, -0.2) is 0 Å². The SMILES string of the molecule is CCCCCCCOC(=O)CN1CCOCC1. The Bertz CT molecular complexity index is 203. The molecule has 1 fully saturated rings. The van der Waals surface area contributed by atoms with Gasteiger partial charge in [0.05, 0.1) is 26.4 Å². The molecule has 1 saturated heterocycles. The van der Waals surface area contributed by atoms with Gasteiger partial charge in [0, 0.05) is 13.1 Å². The fraction of sp³-hybridized carbons (Fsp3) is 0.923. The van der Waals surface area contributed by atoms with E-state index in [1.54, 1.807) is 0 Å². The van der Waals surface area contributed by atoms with Crippen LogP contribution in [-0.2, 0) is 14.3 Å². The fourth-order valence-corrected chi connectivity index (χ4v) is 1.88. The Hall–Kier alpha value is -0.610. The van der Waals surface area contributed by atoms with E-state index >= 15 is 0 Å². The lowest BCUT2D eigenvalue weighted by Crippen LogP contribution is -2.40. The smallest absolute Gasteiger partial charge is 0.320 e. The lowest BCUT2D eigenvalue weighted by Gasteiger charge is -2.25. The monoisotopic (exact) mass is 243 g/mol. The van der Waals surface area contributed by atoms with Crippen LogP contribution in [-0.4, -0.2) is 50.3 Å². The predicted octanol–water partition coefficient (Wildman–Crippen LogP) is 1.83. The van der Waals surface area contributed by atoms with E-state index in [1.165, 1.54) is 25.7 Å². The molecule has 0 aromatic heterocycles. The molecule has 1 rings (SSSR count). The fourth-order valence-electron chi connectivity index (χ4n) is 1.88. The molecule has 0 spiro atoms. The largest absolute Gasteiger partial charge is 0.465 e. The summed E-state index contributed by atoms with van der Waals surface area (Å²) in [7, 11) is 0. The third-order valence-corrected chi connectivity index (χ3v) is 2.97. The Morgan fingerprint density at radius 1 is 1.18 bits per heavy atom. The number of morpholine rings is 1. The van der Waals surface area contributed by atoms with E-state index in [2.05, 4.69) is 11.8 Å². The Kier molecular flexibility index (Phi) is 8.01. The summed E-state index contributed by atoms with van der Waals surface area (Å²) in [5.74, 6) is -0.0950. The van der Waals surface area contributed by atoms with Crippen molar-refractivity contribution in [3.8, 4) is 0 Å². The molecular formula is C13H25NO3. The van der Waals surface area contributed by atoms with Gasteiger partial charge in [-0.05, 0) is 6.42 Å². The van der Waals surface area contributed by atoms with Gasteiger partial charge in [-0.15, -0.1) is 0 Å². The third-order valence-electron chi connectivity index (χ3n) is 2.97. The van der Waals surface area contributed by atoms with Crippen molar-refractivity contribution in [2.24, 2.45) is 0 Å². The van der Waals surface area contributed by atoms with Crippen LogP contribution in [0.25, 0.3) is 0 Å². The quantitative estimate of drug-likeness (QED) is 0.481. The molecule has 0 aromatic carbocycles. The molecule has 0 unspecified atom stereocenters. The van der Waals surface area contributed by atoms with Crippen LogP contribution < -0.4 is 0 Å². The molecule has 100 valence electrons. The first-order valence-electron chi connectivity index (χ1n) is 6.78. The van der Waals surface area contributed by atoms with Gasteiger partial charge < -0.3 is 9.47 Å². The summed E-state index contributed by atoms with van der Waals surface area (Å²) in [6.07, 6.45) is 5.93.